The zero-order valence-electron chi connectivity index (χ0n) is 7.21. The second-order valence-electron chi connectivity index (χ2n) is 3.53. The molecule has 3 N–H and O–H groups in total. The van der Waals surface area contributed by atoms with Crippen LogP contribution < -0.4 is 5.73 Å². The molecule has 3 heteroatoms. The Morgan fingerprint density at radius 3 is 2.73 bits per heavy atom. The van der Waals surface area contributed by atoms with Gasteiger partial charge in [0.25, 0.3) is 0 Å². The van der Waals surface area contributed by atoms with Gasteiger partial charge in [0, 0.05) is 19.1 Å². The first kappa shape index (κ1) is 8.97. The van der Waals surface area contributed by atoms with Gasteiger partial charge in [-0.05, 0) is 20.3 Å². The highest BCUT2D eigenvalue weighted by molar-refractivity contribution is 4.89. The maximum Gasteiger partial charge on any atom is 0.0794 e. The second-order valence-corrected chi connectivity index (χ2v) is 3.53. The van der Waals surface area contributed by atoms with Crippen molar-refractivity contribution < 1.29 is 9.84 Å². The third-order valence-electron chi connectivity index (χ3n) is 2.59. The van der Waals surface area contributed by atoms with E-state index in [1.165, 1.54) is 0 Å². The first-order valence-corrected chi connectivity index (χ1v) is 4.12. The minimum absolute atomic E-state index is 0.147. The molecule has 0 saturated carbocycles. The van der Waals surface area contributed by atoms with E-state index in [0.717, 1.165) is 13.0 Å². The molecule has 1 rings (SSSR count). The third kappa shape index (κ3) is 1.72. The van der Waals surface area contributed by atoms with E-state index in [2.05, 4.69) is 0 Å². The predicted octanol–water partition coefficient (Wildman–Crippen LogP) is 0.121. The van der Waals surface area contributed by atoms with Gasteiger partial charge in [-0.1, -0.05) is 0 Å². The Bertz CT molecular complexity index is 136. The molecule has 0 aromatic carbocycles. The Balaban J connectivity index is 2.58. The van der Waals surface area contributed by atoms with Crippen LogP contribution in [0.1, 0.15) is 20.3 Å². The number of rotatable bonds is 2. The van der Waals surface area contributed by atoms with Crippen LogP contribution in [0.4, 0.5) is 0 Å². The standard InChI is InChI=1S/C8H17NO2/c1-6-7(3-4-11-6)8(2,10)5-9/h6-7,10H,3-5,9H2,1-2H3. The molecule has 1 heterocycles. The molecule has 1 aliphatic rings. The van der Waals surface area contributed by atoms with Crippen LogP contribution >= 0.6 is 0 Å². The van der Waals surface area contributed by atoms with Crippen LogP contribution in [0.2, 0.25) is 0 Å². The summed E-state index contributed by atoms with van der Waals surface area (Å²) < 4.78 is 5.34. The quantitative estimate of drug-likeness (QED) is 0.601. The SMILES string of the molecule is CC1OCCC1C(C)(O)CN. The third-order valence-corrected chi connectivity index (χ3v) is 2.59. The van der Waals surface area contributed by atoms with E-state index in [0.29, 0.717) is 6.54 Å². The van der Waals surface area contributed by atoms with E-state index in [1.807, 2.05) is 6.92 Å². The molecule has 1 saturated heterocycles. The Kier molecular flexibility index (Phi) is 2.52. The van der Waals surface area contributed by atoms with E-state index in [-0.39, 0.29) is 12.0 Å². The normalized spacial score (nSPS) is 37.1. The van der Waals surface area contributed by atoms with Crippen LogP contribution in [-0.4, -0.2) is 30.0 Å². The van der Waals surface area contributed by atoms with E-state index >= 15 is 0 Å². The Morgan fingerprint density at radius 2 is 2.36 bits per heavy atom. The van der Waals surface area contributed by atoms with Gasteiger partial charge in [-0.2, -0.15) is 0 Å². The number of nitrogens with two attached hydrogens (primary N) is 1. The number of hydrogen-bond donors (Lipinski definition) is 2. The zero-order valence-corrected chi connectivity index (χ0v) is 7.21. The number of aliphatic hydroxyl groups is 1. The average Bonchev–Trinajstić information content (AvgIpc) is 2.36. The van der Waals surface area contributed by atoms with E-state index < -0.39 is 5.60 Å². The smallest absolute Gasteiger partial charge is 0.0794 e. The van der Waals surface area contributed by atoms with Gasteiger partial charge < -0.3 is 15.6 Å². The molecule has 0 aliphatic carbocycles. The number of hydrogen-bond acceptors (Lipinski definition) is 3. The summed E-state index contributed by atoms with van der Waals surface area (Å²) in [6, 6.07) is 0. The van der Waals surface area contributed by atoms with E-state index in [1.54, 1.807) is 6.92 Å². The highest BCUT2D eigenvalue weighted by Crippen LogP contribution is 2.30. The highest BCUT2D eigenvalue weighted by atomic mass is 16.5. The topological polar surface area (TPSA) is 55.5 Å². The summed E-state index contributed by atoms with van der Waals surface area (Å²) >= 11 is 0. The van der Waals surface area contributed by atoms with Crippen LogP contribution in [0, 0.1) is 5.92 Å². The van der Waals surface area contributed by atoms with Gasteiger partial charge >= 0.3 is 0 Å². The number of ether oxygens (including phenoxy) is 1. The second kappa shape index (κ2) is 3.09. The summed E-state index contributed by atoms with van der Waals surface area (Å²) in [6.07, 6.45) is 1.07. The van der Waals surface area contributed by atoms with E-state index in [9.17, 15) is 5.11 Å². The van der Waals surface area contributed by atoms with E-state index in [4.69, 9.17) is 10.5 Å². The fraction of sp³-hybridized carbons (Fsp3) is 1.00. The molecule has 3 atom stereocenters. The minimum atomic E-state index is -0.754. The van der Waals surface area contributed by atoms with Crippen LogP contribution in [0.3, 0.4) is 0 Å². The first-order chi connectivity index (χ1) is 5.08. The van der Waals surface area contributed by atoms with Gasteiger partial charge in [0.05, 0.1) is 11.7 Å². The molecule has 1 aliphatic heterocycles. The summed E-state index contributed by atoms with van der Waals surface area (Å²) in [7, 11) is 0. The minimum Gasteiger partial charge on any atom is -0.388 e. The van der Waals surface area contributed by atoms with Crippen molar-refractivity contribution in [3.8, 4) is 0 Å². The molecule has 11 heavy (non-hydrogen) atoms. The highest BCUT2D eigenvalue weighted by Gasteiger charge is 2.38. The molecule has 1 fully saturated rings. The lowest BCUT2D eigenvalue weighted by Gasteiger charge is -2.30. The molecular weight excluding hydrogens is 142 g/mol. The molecule has 0 aromatic rings. The Morgan fingerprint density at radius 1 is 1.73 bits per heavy atom. The lowest BCUT2D eigenvalue weighted by Crippen LogP contribution is -2.44. The van der Waals surface area contributed by atoms with Crippen molar-refractivity contribution in [3.63, 3.8) is 0 Å². The molecule has 0 spiro atoms. The van der Waals surface area contributed by atoms with Crippen molar-refractivity contribution in [2.24, 2.45) is 11.7 Å². The molecule has 0 aromatic heterocycles. The summed E-state index contributed by atoms with van der Waals surface area (Å²) in [5, 5.41) is 9.79. The van der Waals surface area contributed by atoms with Crippen LogP contribution in [0.5, 0.6) is 0 Å². The van der Waals surface area contributed by atoms with Gasteiger partial charge in [0.15, 0.2) is 0 Å². The summed E-state index contributed by atoms with van der Waals surface area (Å²) in [5.41, 5.74) is 4.69. The van der Waals surface area contributed by atoms with Crippen LogP contribution in [-0.2, 0) is 4.74 Å². The molecule has 0 amide bonds. The van der Waals surface area contributed by atoms with Crippen molar-refractivity contribution >= 4 is 0 Å². The summed E-state index contributed by atoms with van der Waals surface area (Å²) in [5.74, 6) is 0.201. The maximum atomic E-state index is 9.79. The molecule has 3 nitrogen and oxygen atoms in total. The first-order valence-electron chi connectivity index (χ1n) is 4.12. The van der Waals surface area contributed by atoms with Gasteiger partial charge in [-0.25, -0.2) is 0 Å². The van der Waals surface area contributed by atoms with Gasteiger partial charge in [0.1, 0.15) is 0 Å². The fourth-order valence-electron chi connectivity index (χ4n) is 1.70. The van der Waals surface area contributed by atoms with Gasteiger partial charge in [-0.15, -0.1) is 0 Å². The molecule has 66 valence electrons. The Hall–Kier alpha value is -0.120. The van der Waals surface area contributed by atoms with Gasteiger partial charge in [0.2, 0.25) is 0 Å². The zero-order chi connectivity index (χ0) is 8.48. The lowest BCUT2D eigenvalue weighted by atomic mass is 9.84. The molecule has 0 radical (unpaired) electrons. The fourth-order valence-corrected chi connectivity index (χ4v) is 1.70. The monoisotopic (exact) mass is 159 g/mol. The predicted molar refractivity (Wildman–Crippen MR) is 43.2 cm³/mol. The van der Waals surface area contributed by atoms with Crippen molar-refractivity contribution in [3.05, 3.63) is 0 Å². The molecule has 0 bridgehead atoms. The largest absolute Gasteiger partial charge is 0.388 e. The average molecular weight is 159 g/mol. The van der Waals surface area contributed by atoms with Crippen molar-refractivity contribution in [1.82, 2.24) is 0 Å². The summed E-state index contributed by atoms with van der Waals surface area (Å²) in [4.78, 5) is 0. The van der Waals surface area contributed by atoms with Gasteiger partial charge in [-0.3, -0.25) is 0 Å². The van der Waals surface area contributed by atoms with Crippen molar-refractivity contribution in [2.45, 2.75) is 32.0 Å². The maximum absolute atomic E-state index is 9.79. The summed E-state index contributed by atoms with van der Waals surface area (Å²) in [6.45, 7) is 4.83. The lowest BCUT2D eigenvalue weighted by molar-refractivity contribution is -0.0236. The van der Waals surface area contributed by atoms with Crippen molar-refractivity contribution in [2.75, 3.05) is 13.2 Å². The van der Waals surface area contributed by atoms with Crippen LogP contribution in [0.25, 0.3) is 0 Å². The Labute approximate surface area is 67.5 Å². The van der Waals surface area contributed by atoms with Crippen molar-refractivity contribution in [1.29, 1.82) is 0 Å². The van der Waals surface area contributed by atoms with Crippen LogP contribution in [0.15, 0.2) is 0 Å². The molecular formula is C8H17NO2. The molecule has 3 unspecified atom stereocenters.